The highest BCUT2D eigenvalue weighted by Crippen LogP contribution is 2.14. The molecule has 0 radical (unpaired) electrons. The van der Waals surface area contributed by atoms with E-state index in [1.54, 1.807) is 0 Å². The molecule has 0 saturated heterocycles. The molecular formula is C15H24OS. The largest absolute Gasteiger partial charge is 0.494 e. The van der Waals surface area contributed by atoms with Gasteiger partial charge in [0, 0.05) is 0 Å². The van der Waals surface area contributed by atoms with Crippen molar-refractivity contribution in [2.75, 3.05) is 12.4 Å². The van der Waals surface area contributed by atoms with Crippen molar-refractivity contribution >= 4 is 12.6 Å². The fourth-order valence-electron chi connectivity index (χ4n) is 1.75. The quantitative estimate of drug-likeness (QED) is 0.502. The molecule has 96 valence electrons. The number of hydrogen-bond acceptors (Lipinski definition) is 2. The third kappa shape index (κ3) is 6.62. The molecule has 0 amide bonds. The van der Waals surface area contributed by atoms with Gasteiger partial charge in [0.15, 0.2) is 0 Å². The number of aryl methyl sites for hydroxylation is 1. The molecule has 2 heteroatoms. The molecule has 0 aromatic heterocycles. The Kier molecular flexibility index (Phi) is 7.98. The average Bonchev–Trinajstić information content (AvgIpc) is 2.37. The molecule has 17 heavy (non-hydrogen) atoms. The second kappa shape index (κ2) is 9.41. The van der Waals surface area contributed by atoms with Gasteiger partial charge < -0.3 is 4.74 Å². The first-order chi connectivity index (χ1) is 8.36. The monoisotopic (exact) mass is 252 g/mol. The van der Waals surface area contributed by atoms with Crippen LogP contribution < -0.4 is 4.74 Å². The zero-order chi connectivity index (χ0) is 12.3. The molecule has 0 unspecified atom stereocenters. The maximum Gasteiger partial charge on any atom is 0.119 e. The van der Waals surface area contributed by atoms with Crippen LogP contribution in [0.4, 0.5) is 0 Å². The Hall–Kier alpha value is -0.630. The third-order valence-corrected chi connectivity index (χ3v) is 3.13. The maximum atomic E-state index is 5.70. The van der Waals surface area contributed by atoms with E-state index in [4.69, 9.17) is 4.74 Å². The van der Waals surface area contributed by atoms with Crippen molar-refractivity contribution in [1.82, 2.24) is 0 Å². The van der Waals surface area contributed by atoms with Crippen molar-refractivity contribution in [2.24, 2.45) is 0 Å². The fourth-order valence-corrected chi connectivity index (χ4v) is 1.91. The lowest BCUT2D eigenvalue weighted by molar-refractivity contribution is 0.305. The molecule has 1 nitrogen and oxygen atoms in total. The van der Waals surface area contributed by atoms with Gasteiger partial charge in [0.2, 0.25) is 0 Å². The van der Waals surface area contributed by atoms with Crippen molar-refractivity contribution in [3.05, 3.63) is 29.8 Å². The number of unbranched alkanes of at least 4 members (excludes halogenated alkanes) is 3. The summed E-state index contributed by atoms with van der Waals surface area (Å²) in [6, 6.07) is 8.47. The lowest BCUT2D eigenvalue weighted by Crippen LogP contribution is -1.97. The molecule has 0 heterocycles. The molecule has 0 fully saturated rings. The summed E-state index contributed by atoms with van der Waals surface area (Å²) in [5, 5.41) is 0. The first-order valence-corrected chi connectivity index (χ1v) is 7.32. The van der Waals surface area contributed by atoms with Crippen LogP contribution in [0.2, 0.25) is 0 Å². The standard InChI is InChI=1S/C15H24OS/c1-2-3-4-5-12-16-15-10-8-14(9-11-15)7-6-13-17/h8-11,17H,2-7,12-13H2,1H3. The highest BCUT2D eigenvalue weighted by molar-refractivity contribution is 7.80. The Bertz CT molecular complexity index is 281. The van der Waals surface area contributed by atoms with E-state index in [0.29, 0.717) is 0 Å². The molecule has 0 saturated carbocycles. The summed E-state index contributed by atoms with van der Waals surface area (Å²) in [4.78, 5) is 0. The summed E-state index contributed by atoms with van der Waals surface area (Å²) in [5.41, 5.74) is 1.37. The van der Waals surface area contributed by atoms with Crippen LogP contribution in [0.3, 0.4) is 0 Å². The van der Waals surface area contributed by atoms with Crippen LogP contribution in [0.1, 0.15) is 44.6 Å². The highest BCUT2D eigenvalue weighted by Gasteiger charge is 1.96. The minimum Gasteiger partial charge on any atom is -0.494 e. The second-order valence-corrected chi connectivity index (χ2v) is 4.83. The summed E-state index contributed by atoms with van der Waals surface area (Å²) < 4.78 is 5.70. The van der Waals surface area contributed by atoms with Gasteiger partial charge in [-0.2, -0.15) is 12.6 Å². The minimum atomic E-state index is 0.843. The van der Waals surface area contributed by atoms with Gasteiger partial charge in [-0.25, -0.2) is 0 Å². The van der Waals surface area contributed by atoms with E-state index in [1.807, 2.05) is 0 Å². The molecule has 1 aromatic carbocycles. The van der Waals surface area contributed by atoms with E-state index in [2.05, 4.69) is 43.8 Å². The van der Waals surface area contributed by atoms with Crippen molar-refractivity contribution in [3.63, 3.8) is 0 Å². The van der Waals surface area contributed by atoms with Crippen LogP contribution in [0.15, 0.2) is 24.3 Å². The van der Waals surface area contributed by atoms with Crippen LogP contribution in [0, 0.1) is 0 Å². The topological polar surface area (TPSA) is 9.23 Å². The Balaban J connectivity index is 2.20. The molecule has 0 aliphatic rings. The average molecular weight is 252 g/mol. The van der Waals surface area contributed by atoms with Crippen LogP contribution in [-0.4, -0.2) is 12.4 Å². The first-order valence-electron chi connectivity index (χ1n) is 6.69. The predicted octanol–water partition coefficient (Wildman–Crippen LogP) is 4.51. The predicted molar refractivity (Wildman–Crippen MR) is 78.3 cm³/mol. The number of rotatable bonds is 9. The van der Waals surface area contributed by atoms with Crippen LogP contribution in [-0.2, 0) is 6.42 Å². The molecule has 0 aliphatic heterocycles. The highest BCUT2D eigenvalue weighted by atomic mass is 32.1. The van der Waals surface area contributed by atoms with E-state index < -0.39 is 0 Å². The zero-order valence-corrected chi connectivity index (χ0v) is 11.7. The molecule has 0 spiro atoms. The third-order valence-electron chi connectivity index (χ3n) is 2.81. The summed E-state index contributed by atoms with van der Waals surface area (Å²) in [5.74, 6) is 1.95. The van der Waals surface area contributed by atoms with E-state index in [0.717, 1.165) is 37.4 Å². The summed E-state index contributed by atoms with van der Waals surface area (Å²) >= 11 is 4.22. The van der Waals surface area contributed by atoms with Gasteiger partial charge in [0.1, 0.15) is 5.75 Å². The normalized spacial score (nSPS) is 10.5. The molecule has 0 N–H and O–H groups in total. The van der Waals surface area contributed by atoms with Crippen LogP contribution in [0.5, 0.6) is 5.75 Å². The number of benzene rings is 1. The van der Waals surface area contributed by atoms with Gasteiger partial charge in [-0.1, -0.05) is 38.3 Å². The minimum absolute atomic E-state index is 0.843. The fraction of sp³-hybridized carbons (Fsp3) is 0.600. The molecule has 0 bridgehead atoms. The smallest absolute Gasteiger partial charge is 0.119 e. The molecule has 1 aromatic rings. The van der Waals surface area contributed by atoms with E-state index in [1.165, 1.54) is 24.8 Å². The Morgan fingerprint density at radius 3 is 2.41 bits per heavy atom. The van der Waals surface area contributed by atoms with E-state index in [-0.39, 0.29) is 0 Å². The molecule has 0 aliphatic carbocycles. The molecule has 1 rings (SSSR count). The summed E-state index contributed by atoms with van der Waals surface area (Å²) in [7, 11) is 0. The molecular weight excluding hydrogens is 228 g/mol. The van der Waals surface area contributed by atoms with Gasteiger partial charge >= 0.3 is 0 Å². The Morgan fingerprint density at radius 2 is 1.76 bits per heavy atom. The SMILES string of the molecule is CCCCCCOc1ccc(CCCS)cc1. The van der Waals surface area contributed by atoms with Gasteiger partial charge in [-0.3, -0.25) is 0 Å². The van der Waals surface area contributed by atoms with Crippen LogP contribution in [0.25, 0.3) is 0 Å². The number of hydrogen-bond donors (Lipinski definition) is 1. The number of ether oxygens (including phenoxy) is 1. The Morgan fingerprint density at radius 1 is 1.00 bits per heavy atom. The number of thiol groups is 1. The summed E-state index contributed by atoms with van der Waals surface area (Å²) in [6.07, 6.45) is 7.28. The maximum absolute atomic E-state index is 5.70. The molecule has 0 atom stereocenters. The van der Waals surface area contributed by atoms with Gasteiger partial charge in [-0.05, 0) is 42.7 Å². The van der Waals surface area contributed by atoms with Gasteiger partial charge in [0.05, 0.1) is 6.61 Å². The van der Waals surface area contributed by atoms with E-state index >= 15 is 0 Å². The summed E-state index contributed by atoms with van der Waals surface area (Å²) in [6.45, 7) is 3.07. The van der Waals surface area contributed by atoms with Crippen molar-refractivity contribution in [3.8, 4) is 5.75 Å². The van der Waals surface area contributed by atoms with Crippen LogP contribution >= 0.6 is 12.6 Å². The second-order valence-electron chi connectivity index (χ2n) is 4.38. The lowest BCUT2D eigenvalue weighted by Gasteiger charge is -2.06. The van der Waals surface area contributed by atoms with Crippen molar-refractivity contribution < 1.29 is 4.74 Å². The van der Waals surface area contributed by atoms with Gasteiger partial charge in [0.25, 0.3) is 0 Å². The van der Waals surface area contributed by atoms with Crippen molar-refractivity contribution in [2.45, 2.75) is 45.4 Å². The zero-order valence-electron chi connectivity index (χ0n) is 10.8. The lowest BCUT2D eigenvalue weighted by atomic mass is 10.1. The van der Waals surface area contributed by atoms with Gasteiger partial charge in [-0.15, -0.1) is 0 Å². The van der Waals surface area contributed by atoms with Crippen molar-refractivity contribution in [1.29, 1.82) is 0 Å². The van der Waals surface area contributed by atoms with E-state index in [9.17, 15) is 0 Å². The first kappa shape index (κ1) is 14.4. The Labute approximate surface area is 111 Å².